The van der Waals surface area contributed by atoms with Gasteiger partial charge in [-0.3, -0.25) is 10.1 Å². The second kappa shape index (κ2) is 5.22. The maximum absolute atomic E-state index is 10.5. The van der Waals surface area contributed by atoms with Crippen LogP contribution in [0, 0.1) is 10.1 Å². The second-order valence-electron chi connectivity index (χ2n) is 3.49. The first kappa shape index (κ1) is 11.3. The number of nitrogens with zero attached hydrogens (tertiary/aromatic N) is 2. The third-order valence-electron chi connectivity index (χ3n) is 2.26. The molecule has 0 aliphatic rings. The molecule has 0 amide bonds. The molecule has 1 heterocycles. The molecule has 1 aromatic carbocycles. The Morgan fingerprint density at radius 3 is 2.65 bits per heavy atom. The van der Waals surface area contributed by atoms with Gasteiger partial charge in [0, 0.05) is 18.7 Å². The Morgan fingerprint density at radius 2 is 2.06 bits per heavy atom. The maximum Gasteiger partial charge on any atom is 0.269 e. The molecule has 17 heavy (non-hydrogen) atoms. The van der Waals surface area contributed by atoms with E-state index in [1.807, 2.05) is 0 Å². The van der Waals surface area contributed by atoms with Crippen molar-refractivity contribution in [2.75, 3.05) is 0 Å². The summed E-state index contributed by atoms with van der Waals surface area (Å²) in [5.41, 5.74) is 1.08. The van der Waals surface area contributed by atoms with E-state index in [1.165, 1.54) is 18.5 Å². The molecule has 0 aliphatic heterocycles. The van der Waals surface area contributed by atoms with Crippen LogP contribution in [-0.4, -0.2) is 9.91 Å². The van der Waals surface area contributed by atoms with Crippen molar-refractivity contribution >= 4 is 5.69 Å². The number of hydrogen-bond donors (Lipinski definition) is 1. The van der Waals surface area contributed by atoms with Crippen LogP contribution in [0.5, 0.6) is 0 Å². The smallest absolute Gasteiger partial charge is 0.269 e. The highest BCUT2D eigenvalue weighted by Gasteiger charge is 2.03. The van der Waals surface area contributed by atoms with Gasteiger partial charge in [0.1, 0.15) is 5.76 Å². The van der Waals surface area contributed by atoms with Gasteiger partial charge < -0.3 is 9.73 Å². The Bertz CT molecular complexity index is 479. The lowest BCUT2D eigenvalue weighted by Gasteiger charge is -2.02. The van der Waals surface area contributed by atoms with Crippen molar-refractivity contribution in [1.82, 2.24) is 10.3 Å². The van der Waals surface area contributed by atoms with E-state index in [1.54, 1.807) is 18.3 Å². The zero-order valence-corrected chi connectivity index (χ0v) is 9.00. The molecule has 6 heteroatoms. The molecule has 1 N–H and O–H groups in total. The van der Waals surface area contributed by atoms with E-state index in [2.05, 4.69) is 10.3 Å². The van der Waals surface area contributed by atoms with Gasteiger partial charge in [0.05, 0.1) is 17.7 Å². The number of non-ortho nitro benzene ring substituents is 1. The Morgan fingerprint density at radius 1 is 1.29 bits per heavy atom. The third kappa shape index (κ3) is 3.12. The lowest BCUT2D eigenvalue weighted by molar-refractivity contribution is -0.384. The van der Waals surface area contributed by atoms with E-state index < -0.39 is 4.92 Å². The molecule has 0 unspecified atom stereocenters. The average Bonchev–Trinajstić information content (AvgIpc) is 2.83. The van der Waals surface area contributed by atoms with Gasteiger partial charge in [-0.15, -0.1) is 0 Å². The van der Waals surface area contributed by atoms with Crippen LogP contribution in [0.3, 0.4) is 0 Å². The minimum Gasteiger partial charge on any atom is -0.447 e. The Balaban J connectivity index is 1.85. The first-order chi connectivity index (χ1) is 8.25. The number of nitro benzene ring substituents is 1. The normalized spacial score (nSPS) is 10.4. The summed E-state index contributed by atoms with van der Waals surface area (Å²) < 4.78 is 5.06. The highest BCUT2D eigenvalue weighted by molar-refractivity contribution is 5.32. The molecule has 0 saturated heterocycles. The number of nitrogens with one attached hydrogen (secondary N) is 1. The molecule has 0 fully saturated rings. The van der Waals surface area contributed by atoms with Crippen LogP contribution in [0.1, 0.15) is 11.3 Å². The highest BCUT2D eigenvalue weighted by Crippen LogP contribution is 2.11. The lowest BCUT2D eigenvalue weighted by Crippen LogP contribution is -2.12. The summed E-state index contributed by atoms with van der Waals surface area (Å²) in [6.45, 7) is 1.20. The standard InChI is InChI=1S/C11H11N3O3/c15-14(16)10-3-1-9(2-4-10)5-12-6-11-7-13-8-17-11/h1-4,7-8,12H,5-6H2. The summed E-state index contributed by atoms with van der Waals surface area (Å²) in [5.74, 6) is 0.756. The molecule has 0 spiro atoms. The number of rotatable bonds is 5. The van der Waals surface area contributed by atoms with Crippen molar-refractivity contribution in [2.24, 2.45) is 0 Å². The van der Waals surface area contributed by atoms with Crippen LogP contribution >= 0.6 is 0 Å². The number of nitro groups is 1. The van der Waals surface area contributed by atoms with Gasteiger partial charge in [-0.1, -0.05) is 12.1 Å². The van der Waals surface area contributed by atoms with E-state index >= 15 is 0 Å². The van der Waals surface area contributed by atoms with Gasteiger partial charge in [-0.2, -0.15) is 0 Å². The zero-order valence-electron chi connectivity index (χ0n) is 9.00. The summed E-state index contributed by atoms with van der Waals surface area (Å²) in [6, 6.07) is 6.44. The van der Waals surface area contributed by atoms with E-state index in [0.29, 0.717) is 13.1 Å². The predicted molar refractivity (Wildman–Crippen MR) is 60.1 cm³/mol. The topological polar surface area (TPSA) is 81.2 Å². The van der Waals surface area contributed by atoms with Crippen LogP contribution in [0.2, 0.25) is 0 Å². The van der Waals surface area contributed by atoms with Gasteiger partial charge in [0.15, 0.2) is 6.39 Å². The Labute approximate surface area is 97.4 Å². The van der Waals surface area contributed by atoms with Crippen LogP contribution in [-0.2, 0) is 13.1 Å². The van der Waals surface area contributed by atoms with E-state index in [-0.39, 0.29) is 5.69 Å². The second-order valence-corrected chi connectivity index (χ2v) is 3.49. The van der Waals surface area contributed by atoms with Gasteiger partial charge >= 0.3 is 0 Å². The van der Waals surface area contributed by atoms with Crippen molar-refractivity contribution in [1.29, 1.82) is 0 Å². The summed E-state index contributed by atoms with van der Waals surface area (Å²) in [6.07, 6.45) is 3.02. The monoisotopic (exact) mass is 233 g/mol. The van der Waals surface area contributed by atoms with Gasteiger partial charge in [0.2, 0.25) is 0 Å². The fourth-order valence-electron chi connectivity index (χ4n) is 1.39. The minimum atomic E-state index is -0.411. The summed E-state index contributed by atoms with van der Waals surface area (Å²) in [5, 5.41) is 13.6. The average molecular weight is 233 g/mol. The molecular formula is C11H11N3O3. The Kier molecular flexibility index (Phi) is 3.46. The largest absolute Gasteiger partial charge is 0.447 e. The van der Waals surface area contributed by atoms with Crippen molar-refractivity contribution in [3.8, 4) is 0 Å². The van der Waals surface area contributed by atoms with E-state index in [4.69, 9.17) is 4.42 Å². The van der Waals surface area contributed by atoms with Crippen molar-refractivity contribution < 1.29 is 9.34 Å². The first-order valence-electron chi connectivity index (χ1n) is 5.07. The summed E-state index contributed by atoms with van der Waals surface area (Å²) in [4.78, 5) is 13.8. The summed E-state index contributed by atoms with van der Waals surface area (Å²) >= 11 is 0. The van der Waals surface area contributed by atoms with Crippen LogP contribution in [0.25, 0.3) is 0 Å². The predicted octanol–water partition coefficient (Wildman–Crippen LogP) is 1.87. The maximum atomic E-state index is 10.5. The quantitative estimate of drug-likeness (QED) is 0.629. The van der Waals surface area contributed by atoms with Gasteiger partial charge in [-0.25, -0.2) is 4.98 Å². The fraction of sp³-hybridized carbons (Fsp3) is 0.182. The zero-order chi connectivity index (χ0) is 12.1. The van der Waals surface area contributed by atoms with Crippen LogP contribution < -0.4 is 5.32 Å². The minimum absolute atomic E-state index is 0.101. The molecule has 88 valence electrons. The number of oxazole rings is 1. The lowest BCUT2D eigenvalue weighted by atomic mass is 10.2. The molecule has 1 aromatic heterocycles. The van der Waals surface area contributed by atoms with Gasteiger partial charge in [0.25, 0.3) is 5.69 Å². The SMILES string of the molecule is O=[N+]([O-])c1ccc(CNCc2cnco2)cc1. The van der Waals surface area contributed by atoms with Crippen LogP contribution in [0.4, 0.5) is 5.69 Å². The molecular weight excluding hydrogens is 222 g/mol. The van der Waals surface area contributed by atoms with Crippen LogP contribution in [0.15, 0.2) is 41.3 Å². The molecule has 0 aliphatic carbocycles. The van der Waals surface area contributed by atoms with Crippen molar-refractivity contribution in [2.45, 2.75) is 13.1 Å². The van der Waals surface area contributed by atoms with Gasteiger partial charge in [-0.05, 0) is 5.56 Å². The number of hydrogen-bond acceptors (Lipinski definition) is 5. The number of benzene rings is 1. The molecule has 0 atom stereocenters. The van der Waals surface area contributed by atoms with Crippen molar-refractivity contribution in [3.63, 3.8) is 0 Å². The van der Waals surface area contributed by atoms with E-state index in [9.17, 15) is 10.1 Å². The third-order valence-corrected chi connectivity index (χ3v) is 2.26. The molecule has 6 nitrogen and oxygen atoms in total. The fourth-order valence-corrected chi connectivity index (χ4v) is 1.39. The Hall–Kier alpha value is -2.21. The summed E-state index contributed by atoms with van der Waals surface area (Å²) in [7, 11) is 0. The van der Waals surface area contributed by atoms with E-state index in [0.717, 1.165) is 11.3 Å². The van der Waals surface area contributed by atoms with Crippen molar-refractivity contribution in [3.05, 3.63) is 58.3 Å². The molecule has 2 aromatic rings. The number of aromatic nitrogens is 1. The molecule has 0 bridgehead atoms. The molecule has 0 saturated carbocycles. The molecule has 0 radical (unpaired) electrons. The highest BCUT2D eigenvalue weighted by atomic mass is 16.6. The first-order valence-corrected chi connectivity index (χ1v) is 5.07. The molecule has 2 rings (SSSR count).